The van der Waals surface area contributed by atoms with E-state index in [9.17, 15) is 8.78 Å². The van der Waals surface area contributed by atoms with E-state index in [0.717, 1.165) is 21.6 Å². The van der Waals surface area contributed by atoms with Gasteiger partial charge >= 0.3 is 0 Å². The Hall–Kier alpha value is -2.38. The van der Waals surface area contributed by atoms with Gasteiger partial charge in [0, 0.05) is 35.1 Å². The maximum Gasteiger partial charge on any atom is 0.173 e. The van der Waals surface area contributed by atoms with Crippen molar-refractivity contribution in [2.45, 2.75) is 30.3 Å². The third-order valence-corrected chi connectivity index (χ3v) is 6.20. The number of rotatable bonds is 4. The molecule has 0 spiro atoms. The molecular formula is C21H19ClF2N4S. The van der Waals surface area contributed by atoms with E-state index in [1.807, 2.05) is 30.0 Å². The monoisotopic (exact) mass is 432 g/mol. The van der Waals surface area contributed by atoms with E-state index in [0.29, 0.717) is 40.9 Å². The molecule has 3 aromatic rings. The number of halogens is 3. The largest absolute Gasteiger partial charge is 0.365 e. The number of nitrogens with zero attached hydrogens (tertiary/aromatic N) is 3. The Morgan fingerprint density at radius 3 is 2.76 bits per heavy atom. The molecule has 4 rings (SSSR count). The zero-order valence-electron chi connectivity index (χ0n) is 16.0. The molecule has 150 valence electrons. The van der Waals surface area contributed by atoms with Gasteiger partial charge in [-0.2, -0.15) is 0 Å². The first-order valence-electron chi connectivity index (χ1n) is 9.15. The summed E-state index contributed by atoms with van der Waals surface area (Å²) in [7, 11) is 0. The molecule has 0 atom stereocenters. The fraction of sp³-hybridized carbons (Fsp3) is 0.238. The number of hydrogen-bond donors (Lipinski definition) is 1. The molecule has 0 radical (unpaired) electrons. The lowest BCUT2D eigenvalue weighted by Gasteiger charge is -2.31. The summed E-state index contributed by atoms with van der Waals surface area (Å²) >= 11 is 7.53. The van der Waals surface area contributed by atoms with E-state index in [1.165, 1.54) is 17.8 Å². The highest BCUT2D eigenvalue weighted by Gasteiger charge is 2.23. The van der Waals surface area contributed by atoms with E-state index in [2.05, 4.69) is 10.3 Å². The third-order valence-electron chi connectivity index (χ3n) is 4.88. The second-order valence-electron chi connectivity index (χ2n) is 6.87. The lowest BCUT2D eigenvalue weighted by atomic mass is 10.1. The van der Waals surface area contributed by atoms with Crippen LogP contribution in [0.5, 0.6) is 0 Å². The molecule has 4 nitrogen and oxygen atoms in total. The Morgan fingerprint density at radius 1 is 1.17 bits per heavy atom. The predicted octanol–water partition coefficient (Wildman–Crippen LogP) is 5.61. The van der Waals surface area contributed by atoms with Gasteiger partial charge in [0.25, 0.3) is 0 Å². The minimum absolute atomic E-state index is 0.229. The first-order chi connectivity index (χ1) is 13.9. The summed E-state index contributed by atoms with van der Waals surface area (Å²) in [5.74, 6) is 0.448. The van der Waals surface area contributed by atoms with Crippen molar-refractivity contribution in [2.75, 3.05) is 23.3 Å². The molecule has 0 unspecified atom stereocenters. The minimum atomic E-state index is -0.417. The smallest absolute Gasteiger partial charge is 0.173 e. The van der Waals surface area contributed by atoms with Crippen LogP contribution >= 0.6 is 23.4 Å². The Balaban J connectivity index is 1.65. The van der Waals surface area contributed by atoms with Crippen molar-refractivity contribution in [1.82, 2.24) is 9.97 Å². The fourth-order valence-corrected chi connectivity index (χ4v) is 4.29. The molecule has 1 aliphatic rings. The molecule has 0 bridgehead atoms. The predicted molar refractivity (Wildman–Crippen MR) is 113 cm³/mol. The Bertz CT molecular complexity index is 1080. The number of anilines is 2. The Morgan fingerprint density at radius 2 is 1.97 bits per heavy atom. The van der Waals surface area contributed by atoms with Gasteiger partial charge in [-0.05, 0) is 55.3 Å². The van der Waals surface area contributed by atoms with Gasteiger partial charge in [-0.3, -0.25) is 0 Å². The molecule has 0 saturated heterocycles. The summed E-state index contributed by atoms with van der Waals surface area (Å²) in [5, 5.41) is 4.63. The molecule has 1 aromatic heterocycles. The van der Waals surface area contributed by atoms with Crippen molar-refractivity contribution in [3.05, 3.63) is 69.9 Å². The van der Waals surface area contributed by atoms with Gasteiger partial charge in [0.05, 0.1) is 6.20 Å². The Kier molecular flexibility index (Phi) is 5.61. The molecule has 0 saturated carbocycles. The summed E-state index contributed by atoms with van der Waals surface area (Å²) < 4.78 is 28.3. The van der Waals surface area contributed by atoms with Crippen molar-refractivity contribution in [3.8, 4) is 0 Å². The normalized spacial score (nSPS) is 13.2. The van der Waals surface area contributed by atoms with Crippen LogP contribution in [-0.4, -0.2) is 23.1 Å². The highest BCUT2D eigenvalue weighted by Crippen LogP contribution is 2.34. The van der Waals surface area contributed by atoms with Crippen LogP contribution < -0.4 is 10.2 Å². The third kappa shape index (κ3) is 4.16. The number of benzene rings is 2. The Labute approximate surface area is 177 Å². The number of aromatic nitrogens is 2. The zero-order valence-corrected chi connectivity index (χ0v) is 17.5. The van der Waals surface area contributed by atoms with Crippen molar-refractivity contribution in [2.24, 2.45) is 0 Å². The van der Waals surface area contributed by atoms with E-state index in [1.54, 1.807) is 13.1 Å². The van der Waals surface area contributed by atoms with Crippen LogP contribution in [0.3, 0.4) is 0 Å². The highest BCUT2D eigenvalue weighted by atomic mass is 35.5. The topological polar surface area (TPSA) is 41.1 Å². The van der Waals surface area contributed by atoms with Gasteiger partial charge in [-0.25, -0.2) is 18.7 Å². The quantitative estimate of drug-likeness (QED) is 0.580. The molecular weight excluding hydrogens is 414 g/mol. The van der Waals surface area contributed by atoms with Crippen molar-refractivity contribution < 1.29 is 8.78 Å². The first kappa shape index (κ1) is 19.9. The van der Waals surface area contributed by atoms with Gasteiger partial charge in [0.15, 0.2) is 11.6 Å². The van der Waals surface area contributed by atoms with Gasteiger partial charge in [0.1, 0.15) is 16.7 Å². The van der Waals surface area contributed by atoms with Crippen LogP contribution in [0.15, 0.2) is 46.5 Å². The second-order valence-corrected chi connectivity index (χ2v) is 8.37. The molecule has 0 aliphatic carbocycles. The van der Waals surface area contributed by atoms with E-state index >= 15 is 0 Å². The number of fused-ring (bicyclic) bond motifs is 1. The SMILES string of the molecule is Cc1cc(Cl)ccc1Sc1cnc2c(n1)N(Cc1c(F)ccc(F)c1C)CCN2. The maximum absolute atomic E-state index is 14.3. The van der Waals surface area contributed by atoms with Gasteiger partial charge < -0.3 is 10.2 Å². The average Bonchev–Trinajstić information content (AvgIpc) is 2.70. The summed E-state index contributed by atoms with van der Waals surface area (Å²) in [6.07, 6.45) is 1.71. The summed E-state index contributed by atoms with van der Waals surface area (Å²) in [6.45, 7) is 5.08. The van der Waals surface area contributed by atoms with Crippen LogP contribution in [0.2, 0.25) is 5.02 Å². The summed E-state index contributed by atoms with van der Waals surface area (Å²) in [6, 6.07) is 8.01. The van der Waals surface area contributed by atoms with Gasteiger partial charge in [0.2, 0.25) is 0 Å². The molecule has 29 heavy (non-hydrogen) atoms. The zero-order chi connectivity index (χ0) is 20.5. The van der Waals surface area contributed by atoms with Gasteiger partial charge in [-0.15, -0.1) is 0 Å². The van der Waals surface area contributed by atoms with E-state index in [4.69, 9.17) is 16.6 Å². The number of hydrogen-bond acceptors (Lipinski definition) is 5. The van der Waals surface area contributed by atoms with Crippen LogP contribution in [0.4, 0.5) is 20.4 Å². The molecule has 2 aromatic carbocycles. The van der Waals surface area contributed by atoms with E-state index in [-0.39, 0.29) is 6.54 Å². The average molecular weight is 433 g/mol. The lowest BCUT2D eigenvalue weighted by Crippen LogP contribution is -2.35. The highest BCUT2D eigenvalue weighted by molar-refractivity contribution is 7.99. The summed E-state index contributed by atoms with van der Waals surface area (Å²) in [4.78, 5) is 12.2. The second kappa shape index (κ2) is 8.16. The minimum Gasteiger partial charge on any atom is -0.365 e. The molecule has 8 heteroatoms. The van der Waals surface area contributed by atoms with Gasteiger partial charge in [-0.1, -0.05) is 23.4 Å². The number of nitrogens with one attached hydrogen (secondary N) is 1. The van der Waals surface area contributed by atoms with Crippen molar-refractivity contribution in [1.29, 1.82) is 0 Å². The molecule has 1 aliphatic heterocycles. The van der Waals surface area contributed by atoms with Crippen LogP contribution in [0, 0.1) is 25.5 Å². The number of aryl methyl sites for hydroxylation is 1. The van der Waals surface area contributed by atoms with Crippen LogP contribution in [-0.2, 0) is 6.54 Å². The summed E-state index contributed by atoms with van der Waals surface area (Å²) in [5.41, 5.74) is 1.71. The lowest BCUT2D eigenvalue weighted by molar-refractivity contribution is 0.571. The van der Waals surface area contributed by atoms with Crippen molar-refractivity contribution in [3.63, 3.8) is 0 Å². The van der Waals surface area contributed by atoms with Crippen molar-refractivity contribution >= 4 is 35.0 Å². The molecule has 0 fully saturated rings. The first-order valence-corrected chi connectivity index (χ1v) is 10.3. The van der Waals surface area contributed by atoms with Crippen LogP contribution in [0.1, 0.15) is 16.7 Å². The standard InChI is InChI=1S/C21H19ClF2N4S/c1-12-9-14(22)3-6-18(12)29-19-10-26-20-21(27-19)28(8-7-25-20)11-15-13(2)16(23)4-5-17(15)24/h3-6,9-10H,7-8,11H2,1-2H3,(H,25,26). The molecule has 1 N–H and O–H groups in total. The fourth-order valence-electron chi connectivity index (χ4n) is 3.25. The van der Waals surface area contributed by atoms with E-state index < -0.39 is 11.6 Å². The molecule has 2 heterocycles. The maximum atomic E-state index is 14.3. The molecule has 0 amide bonds. The van der Waals surface area contributed by atoms with Crippen LogP contribution in [0.25, 0.3) is 0 Å².